The predicted octanol–water partition coefficient (Wildman–Crippen LogP) is 3.55. The van der Waals surface area contributed by atoms with E-state index in [2.05, 4.69) is 44.6 Å². The number of ether oxygens (including phenoxy) is 3. The number of hydrogen-bond acceptors (Lipinski definition) is 8. The van der Waals surface area contributed by atoms with E-state index in [1.165, 1.54) is 30.0 Å². The molecule has 1 N–H and O–H groups in total. The maximum absolute atomic E-state index is 12.3. The van der Waals surface area contributed by atoms with Crippen molar-refractivity contribution in [2.45, 2.75) is 58.1 Å². The Hall–Kier alpha value is -3.30. The number of hydrogen-bond donors (Lipinski definition) is 1. The number of carbonyl (C=O) groups excluding carboxylic acids is 1. The third-order valence-electron chi connectivity index (χ3n) is 5.50. The lowest BCUT2D eigenvalue weighted by Gasteiger charge is -2.19. The van der Waals surface area contributed by atoms with E-state index in [9.17, 15) is 4.79 Å². The van der Waals surface area contributed by atoms with Gasteiger partial charge in [0.1, 0.15) is 17.8 Å². The summed E-state index contributed by atoms with van der Waals surface area (Å²) in [7, 11) is 3.07. The van der Waals surface area contributed by atoms with Crippen LogP contribution in [-0.2, 0) is 38.4 Å². The summed E-state index contributed by atoms with van der Waals surface area (Å²) in [6, 6.07) is 8.74. The molecule has 0 atom stereocenters. The second-order valence-corrected chi connectivity index (χ2v) is 9.33. The van der Waals surface area contributed by atoms with Gasteiger partial charge in [0.05, 0.1) is 0 Å². The van der Waals surface area contributed by atoms with E-state index in [1.54, 1.807) is 18.6 Å². The van der Waals surface area contributed by atoms with Crippen molar-refractivity contribution in [3.63, 3.8) is 0 Å². The van der Waals surface area contributed by atoms with Gasteiger partial charge < -0.3 is 19.5 Å². The van der Waals surface area contributed by atoms with E-state index in [-0.39, 0.29) is 18.6 Å². The molecule has 1 aliphatic rings. The van der Waals surface area contributed by atoms with Crippen molar-refractivity contribution in [2.24, 2.45) is 0 Å². The number of anilines is 1. The highest BCUT2D eigenvalue weighted by Gasteiger charge is 2.24. The standard InChI is InChI=1S/C25H31N5O4/c1-25(2,3)34-21(31)15-30-14-20(22(29-30)23(32-4)33-5)18-12-26-24(27-13-18)28-19-10-16-8-6-7-9-17(16)11-19/h6-9,12-14,19,23H,10-11,15H2,1-5H3,(H,26,27,28). The number of aromatic nitrogens is 4. The molecule has 1 aromatic carbocycles. The lowest BCUT2D eigenvalue weighted by atomic mass is 10.1. The Morgan fingerprint density at radius 1 is 1.12 bits per heavy atom. The normalized spacial score (nSPS) is 13.8. The molecule has 0 unspecified atom stereocenters. The molecular formula is C25H31N5O4. The molecule has 0 aliphatic heterocycles. The summed E-state index contributed by atoms with van der Waals surface area (Å²) in [5, 5.41) is 7.95. The maximum atomic E-state index is 12.3. The zero-order chi connectivity index (χ0) is 24.3. The first-order chi connectivity index (χ1) is 16.3. The number of methoxy groups -OCH3 is 2. The first-order valence-electron chi connectivity index (χ1n) is 11.3. The van der Waals surface area contributed by atoms with Gasteiger partial charge in [0.15, 0.2) is 0 Å². The van der Waals surface area contributed by atoms with Gasteiger partial charge in [-0.15, -0.1) is 0 Å². The van der Waals surface area contributed by atoms with E-state index in [4.69, 9.17) is 14.2 Å². The third-order valence-corrected chi connectivity index (χ3v) is 5.50. The second-order valence-electron chi connectivity index (χ2n) is 9.33. The van der Waals surface area contributed by atoms with Gasteiger partial charge in [-0.1, -0.05) is 24.3 Å². The average Bonchev–Trinajstić information content (AvgIpc) is 3.37. The van der Waals surface area contributed by atoms with Crippen molar-refractivity contribution in [1.29, 1.82) is 0 Å². The molecule has 0 saturated carbocycles. The van der Waals surface area contributed by atoms with Crippen LogP contribution in [0.25, 0.3) is 11.1 Å². The van der Waals surface area contributed by atoms with Crippen molar-refractivity contribution >= 4 is 11.9 Å². The summed E-state index contributed by atoms with van der Waals surface area (Å²) < 4.78 is 17.8. The Morgan fingerprint density at radius 2 is 1.74 bits per heavy atom. The fraction of sp³-hybridized carbons (Fsp3) is 0.440. The molecule has 0 radical (unpaired) electrons. The lowest BCUT2D eigenvalue weighted by Crippen LogP contribution is -2.26. The van der Waals surface area contributed by atoms with Gasteiger partial charge in [-0.2, -0.15) is 5.10 Å². The minimum absolute atomic E-state index is 0.0346. The smallest absolute Gasteiger partial charge is 0.328 e. The quantitative estimate of drug-likeness (QED) is 0.398. The largest absolute Gasteiger partial charge is 0.459 e. The number of esters is 1. The van der Waals surface area contributed by atoms with Gasteiger partial charge in [-0.25, -0.2) is 9.97 Å². The van der Waals surface area contributed by atoms with Crippen molar-refractivity contribution in [1.82, 2.24) is 19.7 Å². The van der Waals surface area contributed by atoms with E-state index >= 15 is 0 Å². The first-order valence-corrected chi connectivity index (χ1v) is 11.3. The summed E-state index contributed by atoms with van der Waals surface area (Å²) >= 11 is 0. The molecule has 0 amide bonds. The molecule has 0 bridgehead atoms. The summed E-state index contributed by atoms with van der Waals surface area (Å²) in [6.07, 6.45) is 6.42. The van der Waals surface area contributed by atoms with Crippen LogP contribution in [0.1, 0.15) is 43.9 Å². The highest BCUT2D eigenvalue weighted by molar-refractivity contribution is 5.70. The zero-order valence-corrected chi connectivity index (χ0v) is 20.2. The van der Waals surface area contributed by atoms with E-state index in [0.717, 1.165) is 24.0 Å². The van der Waals surface area contributed by atoms with Crippen molar-refractivity contribution < 1.29 is 19.0 Å². The Morgan fingerprint density at radius 3 is 2.29 bits per heavy atom. The zero-order valence-electron chi connectivity index (χ0n) is 20.2. The summed E-state index contributed by atoms with van der Waals surface area (Å²) in [6.45, 7) is 5.45. The highest BCUT2D eigenvalue weighted by Crippen LogP contribution is 2.29. The molecule has 2 aromatic heterocycles. The molecule has 0 fully saturated rings. The van der Waals surface area contributed by atoms with E-state index in [0.29, 0.717) is 11.6 Å². The Balaban J connectivity index is 1.51. The fourth-order valence-electron chi connectivity index (χ4n) is 4.12. The number of nitrogens with zero attached hydrogens (tertiary/aromatic N) is 4. The van der Waals surface area contributed by atoms with Crippen molar-refractivity contribution in [2.75, 3.05) is 19.5 Å². The predicted molar refractivity (Wildman–Crippen MR) is 127 cm³/mol. The lowest BCUT2D eigenvalue weighted by molar-refractivity contribution is -0.155. The Kier molecular flexibility index (Phi) is 6.95. The number of benzene rings is 1. The van der Waals surface area contributed by atoms with Gasteiger partial charge in [0.25, 0.3) is 0 Å². The van der Waals surface area contributed by atoms with Crippen molar-refractivity contribution in [3.05, 3.63) is 59.7 Å². The Bertz CT molecular complexity index is 1110. The van der Waals surface area contributed by atoms with Gasteiger partial charge in [0, 0.05) is 50.0 Å². The van der Waals surface area contributed by atoms with Gasteiger partial charge in [-0.05, 0) is 44.7 Å². The van der Waals surface area contributed by atoms with Crippen LogP contribution in [0.4, 0.5) is 5.95 Å². The van der Waals surface area contributed by atoms with Crippen LogP contribution in [0.5, 0.6) is 0 Å². The van der Waals surface area contributed by atoms with Crippen LogP contribution < -0.4 is 5.32 Å². The minimum atomic E-state index is -0.704. The maximum Gasteiger partial charge on any atom is 0.328 e. The van der Waals surface area contributed by atoms with Gasteiger partial charge >= 0.3 is 5.97 Å². The van der Waals surface area contributed by atoms with Crippen LogP contribution in [0.3, 0.4) is 0 Å². The molecule has 0 saturated heterocycles. The third kappa shape index (κ3) is 5.60. The summed E-state index contributed by atoms with van der Waals surface area (Å²) in [4.78, 5) is 21.3. The van der Waals surface area contributed by atoms with Crippen LogP contribution in [0.2, 0.25) is 0 Å². The molecule has 4 rings (SSSR count). The fourth-order valence-corrected chi connectivity index (χ4v) is 4.12. The molecule has 9 heteroatoms. The number of nitrogens with one attached hydrogen (secondary N) is 1. The van der Waals surface area contributed by atoms with Crippen molar-refractivity contribution in [3.8, 4) is 11.1 Å². The minimum Gasteiger partial charge on any atom is -0.459 e. The van der Waals surface area contributed by atoms with Crippen LogP contribution >= 0.6 is 0 Å². The van der Waals surface area contributed by atoms with Gasteiger partial charge in [-0.3, -0.25) is 9.48 Å². The summed E-state index contributed by atoms with van der Waals surface area (Å²) in [5.74, 6) is 0.187. The Labute approximate surface area is 199 Å². The van der Waals surface area contributed by atoms with E-state index in [1.807, 2.05) is 20.8 Å². The number of rotatable bonds is 8. The average molecular weight is 466 g/mol. The van der Waals surface area contributed by atoms with Crippen LogP contribution in [-0.4, -0.2) is 51.6 Å². The van der Waals surface area contributed by atoms with Crippen LogP contribution in [0.15, 0.2) is 42.9 Å². The number of fused-ring (bicyclic) bond motifs is 1. The monoisotopic (exact) mass is 465 g/mol. The SMILES string of the molecule is COC(OC)c1nn(CC(=O)OC(C)(C)C)cc1-c1cnc(NC2Cc3ccccc3C2)nc1. The van der Waals surface area contributed by atoms with E-state index < -0.39 is 11.9 Å². The second kappa shape index (κ2) is 9.90. The first kappa shape index (κ1) is 23.8. The molecular weight excluding hydrogens is 434 g/mol. The number of carbonyl (C=O) groups is 1. The topological polar surface area (TPSA) is 100 Å². The highest BCUT2D eigenvalue weighted by atomic mass is 16.7. The van der Waals surface area contributed by atoms with Gasteiger partial charge in [0.2, 0.25) is 12.2 Å². The summed E-state index contributed by atoms with van der Waals surface area (Å²) in [5.41, 5.74) is 4.15. The molecule has 180 valence electrons. The molecule has 2 heterocycles. The molecule has 9 nitrogen and oxygen atoms in total. The molecule has 0 spiro atoms. The molecule has 1 aliphatic carbocycles. The van der Waals surface area contributed by atoms with Crippen LogP contribution in [0, 0.1) is 0 Å². The molecule has 34 heavy (non-hydrogen) atoms. The molecule has 3 aromatic rings.